The van der Waals surface area contributed by atoms with Gasteiger partial charge in [-0.3, -0.25) is 0 Å². The molecule has 0 spiro atoms. The van der Waals surface area contributed by atoms with Crippen molar-refractivity contribution in [2.24, 2.45) is 11.8 Å². The smallest absolute Gasteiger partial charge is 0.0672 e. The summed E-state index contributed by atoms with van der Waals surface area (Å²) in [7, 11) is 0. The minimum Gasteiger partial charge on any atom is -0.376 e. The summed E-state index contributed by atoms with van der Waals surface area (Å²) in [5, 5.41) is 3.65. The van der Waals surface area contributed by atoms with Crippen molar-refractivity contribution < 1.29 is 4.74 Å². The lowest BCUT2D eigenvalue weighted by Crippen LogP contribution is -2.36. The van der Waals surface area contributed by atoms with Crippen molar-refractivity contribution >= 4 is 0 Å². The second-order valence-corrected chi connectivity index (χ2v) is 5.92. The molecule has 0 aromatic rings. The van der Waals surface area contributed by atoms with Crippen LogP contribution in [-0.4, -0.2) is 25.8 Å². The Bertz CT molecular complexity index is 247. The van der Waals surface area contributed by atoms with E-state index in [1.54, 1.807) is 0 Å². The van der Waals surface area contributed by atoms with Gasteiger partial charge in [-0.05, 0) is 44.4 Å². The standard InChI is InChI=1S/C15H27NO/c1-12(2)11-17-9-8-16-15-5-3-4-14(10-15)13-6-7-13/h13-16H,1,3-11H2,2H3. The second-order valence-electron chi connectivity index (χ2n) is 5.92. The van der Waals surface area contributed by atoms with Crippen molar-refractivity contribution in [1.29, 1.82) is 0 Å². The third-order valence-electron chi connectivity index (χ3n) is 4.03. The van der Waals surface area contributed by atoms with Crippen molar-refractivity contribution in [3.8, 4) is 0 Å². The van der Waals surface area contributed by atoms with E-state index in [-0.39, 0.29) is 0 Å². The van der Waals surface area contributed by atoms with Gasteiger partial charge in [0.1, 0.15) is 0 Å². The predicted molar refractivity (Wildman–Crippen MR) is 72.1 cm³/mol. The SMILES string of the molecule is C=C(C)COCCNC1CCCC(C2CC2)C1. The maximum atomic E-state index is 5.51. The lowest BCUT2D eigenvalue weighted by Gasteiger charge is -2.30. The number of ether oxygens (including phenoxy) is 1. The maximum absolute atomic E-state index is 5.51. The van der Waals surface area contributed by atoms with E-state index in [9.17, 15) is 0 Å². The molecule has 2 fully saturated rings. The Balaban J connectivity index is 1.54. The van der Waals surface area contributed by atoms with Gasteiger partial charge in [0.25, 0.3) is 0 Å². The zero-order valence-corrected chi connectivity index (χ0v) is 11.2. The highest BCUT2D eigenvalue weighted by Crippen LogP contribution is 2.43. The third kappa shape index (κ3) is 4.81. The largest absolute Gasteiger partial charge is 0.376 e. The van der Waals surface area contributed by atoms with E-state index in [4.69, 9.17) is 4.74 Å². The summed E-state index contributed by atoms with van der Waals surface area (Å²) in [4.78, 5) is 0. The van der Waals surface area contributed by atoms with Crippen LogP contribution in [0.3, 0.4) is 0 Å². The first kappa shape index (κ1) is 13.1. The first-order valence-corrected chi connectivity index (χ1v) is 7.21. The Morgan fingerprint density at radius 2 is 2.06 bits per heavy atom. The second kappa shape index (κ2) is 6.55. The highest BCUT2D eigenvalue weighted by molar-refractivity contribution is 4.88. The third-order valence-corrected chi connectivity index (χ3v) is 4.03. The molecular formula is C15H27NO. The average molecular weight is 237 g/mol. The van der Waals surface area contributed by atoms with Crippen molar-refractivity contribution in [3.63, 3.8) is 0 Å². The van der Waals surface area contributed by atoms with E-state index < -0.39 is 0 Å². The van der Waals surface area contributed by atoms with Crippen LogP contribution < -0.4 is 5.32 Å². The van der Waals surface area contributed by atoms with E-state index in [1.165, 1.54) is 38.5 Å². The zero-order chi connectivity index (χ0) is 12.1. The monoisotopic (exact) mass is 237 g/mol. The summed E-state index contributed by atoms with van der Waals surface area (Å²) in [5.74, 6) is 2.11. The first-order chi connectivity index (χ1) is 8.25. The summed E-state index contributed by atoms with van der Waals surface area (Å²) in [6.45, 7) is 8.36. The number of nitrogens with one attached hydrogen (secondary N) is 1. The van der Waals surface area contributed by atoms with E-state index >= 15 is 0 Å². The number of hydrogen-bond donors (Lipinski definition) is 1. The number of rotatable bonds is 7. The summed E-state index contributed by atoms with van der Waals surface area (Å²) in [6, 6.07) is 0.753. The van der Waals surface area contributed by atoms with Crippen molar-refractivity contribution in [3.05, 3.63) is 12.2 Å². The molecule has 2 heteroatoms. The maximum Gasteiger partial charge on any atom is 0.0672 e. The van der Waals surface area contributed by atoms with Crippen LogP contribution in [0.5, 0.6) is 0 Å². The normalized spacial score (nSPS) is 29.2. The Morgan fingerprint density at radius 1 is 1.24 bits per heavy atom. The van der Waals surface area contributed by atoms with Crippen LogP contribution >= 0.6 is 0 Å². The highest BCUT2D eigenvalue weighted by atomic mass is 16.5. The summed E-state index contributed by atoms with van der Waals surface area (Å²) >= 11 is 0. The molecule has 1 N–H and O–H groups in total. The average Bonchev–Trinajstić information content (AvgIpc) is 3.12. The summed E-state index contributed by atoms with van der Waals surface area (Å²) < 4.78 is 5.51. The van der Waals surface area contributed by atoms with Crippen LogP contribution in [-0.2, 0) is 4.74 Å². The molecule has 0 bridgehead atoms. The van der Waals surface area contributed by atoms with E-state index in [1.807, 2.05) is 6.92 Å². The van der Waals surface area contributed by atoms with Gasteiger partial charge in [0.05, 0.1) is 13.2 Å². The molecule has 98 valence electrons. The van der Waals surface area contributed by atoms with Crippen molar-refractivity contribution in [2.45, 2.75) is 51.5 Å². The molecule has 2 aliphatic rings. The fraction of sp³-hybridized carbons (Fsp3) is 0.867. The molecule has 0 aromatic heterocycles. The lowest BCUT2D eigenvalue weighted by molar-refractivity contribution is 0.150. The summed E-state index contributed by atoms with van der Waals surface area (Å²) in [6.07, 6.45) is 8.67. The fourth-order valence-corrected chi connectivity index (χ4v) is 2.99. The zero-order valence-electron chi connectivity index (χ0n) is 11.2. The van der Waals surface area contributed by atoms with E-state index in [0.717, 1.165) is 36.6 Å². The van der Waals surface area contributed by atoms with Crippen molar-refractivity contribution in [1.82, 2.24) is 5.32 Å². The molecule has 0 aliphatic heterocycles. The molecule has 2 atom stereocenters. The molecule has 0 amide bonds. The molecule has 17 heavy (non-hydrogen) atoms. The summed E-state index contributed by atoms with van der Waals surface area (Å²) in [5.41, 5.74) is 1.11. The Kier molecular flexibility index (Phi) is 5.05. The quantitative estimate of drug-likeness (QED) is 0.542. The predicted octanol–water partition coefficient (Wildman–Crippen LogP) is 3.14. The van der Waals surface area contributed by atoms with Gasteiger partial charge in [-0.2, -0.15) is 0 Å². The minimum atomic E-state index is 0.705. The van der Waals surface area contributed by atoms with E-state index in [0.29, 0.717) is 6.61 Å². The molecule has 2 aliphatic carbocycles. The Hall–Kier alpha value is -0.340. The van der Waals surface area contributed by atoms with Crippen LogP contribution in [0.4, 0.5) is 0 Å². The van der Waals surface area contributed by atoms with Crippen LogP contribution in [0.2, 0.25) is 0 Å². The lowest BCUT2D eigenvalue weighted by atomic mass is 9.83. The van der Waals surface area contributed by atoms with Gasteiger partial charge in [0.15, 0.2) is 0 Å². The van der Waals surface area contributed by atoms with Crippen LogP contribution in [0.15, 0.2) is 12.2 Å². The van der Waals surface area contributed by atoms with Gasteiger partial charge in [-0.15, -0.1) is 0 Å². The van der Waals surface area contributed by atoms with E-state index in [2.05, 4.69) is 11.9 Å². The van der Waals surface area contributed by atoms with Gasteiger partial charge in [0, 0.05) is 12.6 Å². The molecule has 0 radical (unpaired) electrons. The molecule has 2 rings (SSSR count). The van der Waals surface area contributed by atoms with Gasteiger partial charge in [0.2, 0.25) is 0 Å². The topological polar surface area (TPSA) is 21.3 Å². The van der Waals surface area contributed by atoms with Crippen LogP contribution in [0, 0.1) is 11.8 Å². The highest BCUT2D eigenvalue weighted by Gasteiger charge is 2.34. The van der Waals surface area contributed by atoms with Gasteiger partial charge < -0.3 is 10.1 Å². The fourth-order valence-electron chi connectivity index (χ4n) is 2.99. The minimum absolute atomic E-state index is 0.705. The molecule has 0 heterocycles. The molecule has 0 aromatic carbocycles. The van der Waals surface area contributed by atoms with Gasteiger partial charge >= 0.3 is 0 Å². The van der Waals surface area contributed by atoms with Crippen LogP contribution in [0.25, 0.3) is 0 Å². The van der Waals surface area contributed by atoms with Gasteiger partial charge in [-0.1, -0.05) is 25.0 Å². The first-order valence-electron chi connectivity index (χ1n) is 7.21. The van der Waals surface area contributed by atoms with Crippen molar-refractivity contribution in [2.75, 3.05) is 19.8 Å². The molecule has 2 unspecified atom stereocenters. The van der Waals surface area contributed by atoms with Crippen LogP contribution in [0.1, 0.15) is 45.4 Å². The molecular weight excluding hydrogens is 210 g/mol. The number of hydrogen-bond acceptors (Lipinski definition) is 2. The molecule has 2 nitrogen and oxygen atoms in total. The molecule has 0 saturated heterocycles. The Morgan fingerprint density at radius 3 is 2.76 bits per heavy atom. The van der Waals surface area contributed by atoms with Gasteiger partial charge in [-0.25, -0.2) is 0 Å². The molecule has 2 saturated carbocycles. The Labute approximate surface area is 106 Å².